The quantitative estimate of drug-likeness (QED) is 0.616. The van der Waals surface area contributed by atoms with E-state index in [1.807, 2.05) is 34.7 Å². The van der Waals surface area contributed by atoms with Gasteiger partial charge in [0, 0.05) is 11.9 Å². The molecular weight excluding hydrogens is 236 g/mol. The van der Waals surface area contributed by atoms with Crippen LogP contribution in [0.15, 0.2) is 36.5 Å². The third-order valence-electron chi connectivity index (χ3n) is 2.80. The SMILES string of the molecule is CC(=O)c1cnc2ccc3ccc(Cl)cc3n12. The monoisotopic (exact) mass is 244 g/mol. The van der Waals surface area contributed by atoms with E-state index in [2.05, 4.69) is 4.98 Å². The van der Waals surface area contributed by atoms with Gasteiger partial charge in [-0.25, -0.2) is 4.98 Å². The van der Waals surface area contributed by atoms with E-state index in [-0.39, 0.29) is 5.78 Å². The number of imidazole rings is 1. The first-order valence-electron chi connectivity index (χ1n) is 5.23. The average Bonchev–Trinajstić information content (AvgIpc) is 2.73. The summed E-state index contributed by atoms with van der Waals surface area (Å²) in [6.45, 7) is 1.53. The Morgan fingerprint density at radius 2 is 2.06 bits per heavy atom. The van der Waals surface area contributed by atoms with Crippen molar-refractivity contribution in [2.24, 2.45) is 0 Å². The van der Waals surface area contributed by atoms with Crippen LogP contribution >= 0.6 is 11.6 Å². The molecule has 84 valence electrons. The predicted molar refractivity (Wildman–Crippen MR) is 67.7 cm³/mol. The van der Waals surface area contributed by atoms with Crippen molar-refractivity contribution in [3.05, 3.63) is 47.2 Å². The number of hydrogen-bond acceptors (Lipinski definition) is 2. The van der Waals surface area contributed by atoms with Crippen molar-refractivity contribution in [3.8, 4) is 0 Å². The van der Waals surface area contributed by atoms with Gasteiger partial charge in [0.15, 0.2) is 5.78 Å². The fourth-order valence-corrected chi connectivity index (χ4v) is 2.17. The summed E-state index contributed by atoms with van der Waals surface area (Å²) in [4.78, 5) is 15.8. The van der Waals surface area contributed by atoms with Crippen LogP contribution in [0.25, 0.3) is 16.6 Å². The Bertz CT molecular complexity index is 746. The van der Waals surface area contributed by atoms with Crippen LogP contribution < -0.4 is 0 Å². The number of fused-ring (bicyclic) bond motifs is 3. The lowest BCUT2D eigenvalue weighted by Crippen LogP contribution is -1.99. The van der Waals surface area contributed by atoms with Crippen LogP contribution in [0, 0.1) is 0 Å². The third-order valence-corrected chi connectivity index (χ3v) is 3.03. The summed E-state index contributed by atoms with van der Waals surface area (Å²) in [5.74, 6) is -0.00928. The zero-order valence-corrected chi connectivity index (χ0v) is 9.90. The smallest absolute Gasteiger partial charge is 0.178 e. The molecule has 2 aromatic heterocycles. The summed E-state index contributed by atoms with van der Waals surface area (Å²) >= 11 is 6.00. The number of pyridine rings is 1. The largest absolute Gasteiger partial charge is 0.293 e. The van der Waals surface area contributed by atoms with Crippen LogP contribution in [0.5, 0.6) is 0 Å². The minimum Gasteiger partial charge on any atom is -0.293 e. The summed E-state index contributed by atoms with van der Waals surface area (Å²) in [6.07, 6.45) is 1.60. The predicted octanol–water partition coefficient (Wildman–Crippen LogP) is 3.34. The Balaban J connectivity index is 2.55. The lowest BCUT2D eigenvalue weighted by Gasteiger charge is -2.04. The molecule has 0 amide bonds. The highest BCUT2D eigenvalue weighted by atomic mass is 35.5. The minimum atomic E-state index is -0.00928. The first kappa shape index (κ1) is 10.3. The lowest BCUT2D eigenvalue weighted by molar-refractivity contribution is 0.101. The van der Waals surface area contributed by atoms with Gasteiger partial charge >= 0.3 is 0 Å². The van der Waals surface area contributed by atoms with Gasteiger partial charge in [0.25, 0.3) is 0 Å². The molecule has 0 saturated heterocycles. The van der Waals surface area contributed by atoms with Crippen molar-refractivity contribution in [3.63, 3.8) is 0 Å². The molecule has 0 aliphatic carbocycles. The molecule has 3 nitrogen and oxygen atoms in total. The summed E-state index contributed by atoms with van der Waals surface area (Å²) in [6, 6.07) is 9.47. The second kappa shape index (κ2) is 3.57. The number of nitrogens with zero attached hydrogens (tertiary/aromatic N) is 2. The molecule has 0 aliphatic heterocycles. The van der Waals surface area contributed by atoms with Crippen molar-refractivity contribution in [1.29, 1.82) is 0 Å². The number of benzene rings is 1. The highest BCUT2D eigenvalue weighted by Crippen LogP contribution is 2.22. The highest BCUT2D eigenvalue weighted by molar-refractivity contribution is 6.31. The fourth-order valence-electron chi connectivity index (χ4n) is 2.00. The van der Waals surface area contributed by atoms with E-state index in [0.29, 0.717) is 10.7 Å². The number of rotatable bonds is 1. The maximum absolute atomic E-state index is 11.6. The van der Waals surface area contributed by atoms with Crippen molar-refractivity contribution in [2.75, 3.05) is 0 Å². The molecule has 0 bridgehead atoms. The number of carbonyl (C=O) groups excluding carboxylic acids is 1. The average molecular weight is 245 g/mol. The molecule has 2 heterocycles. The van der Waals surface area contributed by atoms with E-state index in [9.17, 15) is 4.79 Å². The number of carbonyl (C=O) groups is 1. The zero-order chi connectivity index (χ0) is 12.0. The van der Waals surface area contributed by atoms with E-state index < -0.39 is 0 Å². The third kappa shape index (κ3) is 1.51. The van der Waals surface area contributed by atoms with Crippen molar-refractivity contribution < 1.29 is 4.79 Å². The van der Waals surface area contributed by atoms with Crippen molar-refractivity contribution >= 4 is 33.9 Å². The molecule has 0 spiro atoms. The van der Waals surface area contributed by atoms with Crippen LogP contribution in [0.2, 0.25) is 5.02 Å². The Labute approximate surface area is 103 Å². The molecular formula is C13H9ClN2O. The Kier molecular flexibility index (Phi) is 2.16. The van der Waals surface area contributed by atoms with E-state index in [4.69, 9.17) is 11.6 Å². The highest BCUT2D eigenvalue weighted by Gasteiger charge is 2.10. The molecule has 1 aromatic carbocycles. The van der Waals surface area contributed by atoms with E-state index in [1.54, 1.807) is 6.20 Å². The maximum Gasteiger partial charge on any atom is 0.178 e. The zero-order valence-electron chi connectivity index (χ0n) is 9.14. The summed E-state index contributed by atoms with van der Waals surface area (Å²) in [5.41, 5.74) is 2.23. The second-order valence-corrected chi connectivity index (χ2v) is 4.37. The number of hydrogen-bond donors (Lipinski definition) is 0. The van der Waals surface area contributed by atoms with Gasteiger partial charge in [0.1, 0.15) is 11.3 Å². The van der Waals surface area contributed by atoms with Gasteiger partial charge in [-0.3, -0.25) is 9.20 Å². The normalized spacial score (nSPS) is 11.2. The number of ketones is 1. The topological polar surface area (TPSA) is 34.4 Å². The van der Waals surface area contributed by atoms with Gasteiger partial charge in [-0.05, 0) is 29.7 Å². The number of aromatic nitrogens is 2. The Hall–Kier alpha value is -1.87. The first-order valence-corrected chi connectivity index (χ1v) is 5.61. The van der Waals surface area contributed by atoms with Gasteiger partial charge in [-0.1, -0.05) is 17.7 Å². The number of halogens is 1. The summed E-state index contributed by atoms with van der Waals surface area (Å²) in [7, 11) is 0. The summed E-state index contributed by atoms with van der Waals surface area (Å²) < 4.78 is 1.84. The molecule has 0 radical (unpaired) electrons. The molecule has 3 rings (SSSR count). The molecule has 0 unspecified atom stereocenters. The van der Waals surface area contributed by atoms with E-state index in [1.165, 1.54) is 6.92 Å². The van der Waals surface area contributed by atoms with Crippen LogP contribution in [-0.4, -0.2) is 15.2 Å². The number of Topliss-reactive ketones (excluding diaryl/α,β-unsaturated/α-hetero) is 1. The van der Waals surface area contributed by atoms with Gasteiger partial charge in [0.05, 0.1) is 11.7 Å². The molecule has 0 N–H and O–H groups in total. The Morgan fingerprint density at radius 1 is 1.29 bits per heavy atom. The van der Waals surface area contributed by atoms with Gasteiger partial charge in [-0.2, -0.15) is 0 Å². The molecule has 0 saturated carbocycles. The van der Waals surface area contributed by atoms with Crippen LogP contribution in [0.4, 0.5) is 0 Å². The molecule has 0 fully saturated rings. The Morgan fingerprint density at radius 3 is 2.82 bits per heavy atom. The summed E-state index contributed by atoms with van der Waals surface area (Å²) in [5, 5.41) is 1.68. The van der Waals surface area contributed by atoms with Crippen LogP contribution in [0.3, 0.4) is 0 Å². The van der Waals surface area contributed by atoms with E-state index >= 15 is 0 Å². The van der Waals surface area contributed by atoms with Gasteiger partial charge in [0.2, 0.25) is 0 Å². The molecule has 0 atom stereocenters. The second-order valence-electron chi connectivity index (χ2n) is 3.93. The molecule has 4 heteroatoms. The fraction of sp³-hybridized carbons (Fsp3) is 0.0769. The maximum atomic E-state index is 11.6. The molecule has 0 aliphatic rings. The van der Waals surface area contributed by atoms with Gasteiger partial charge in [-0.15, -0.1) is 0 Å². The van der Waals surface area contributed by atoms with Gasteiger partial charge < -0.3 is 0 Å². The standard InChI is InChI=1S/C13H9ClN2O/c1-8(17)12-7-15-13-5-3-9-2-4-10(14)6-11(9)16(12)13/h2-7H,1H3. The van der Waals surface area contributed by atoms with Crippen LogP contribution in [-0.2, 0) is 0 Å². The van der Waals surface area contributed by atoms with Crippen molar-refractivity contribution in [2.45, 2.75) is 6.92 Å². The van der Waals surface area contributed by atoms with Crippen molar-refractivity contribution in [1.82, 2.24) is 9.38 Å². The van der Waals surface area contributed by atoms with Crippen LogP contribution in [0.1, 0.15) is 17.4 Å². The molecule has 3 aromatic rings. The van der Waals surface area contributed by atoms with E-state index in [0.717, 1.165) is 16.6 Å². The molecule has 17 heavy (non-hydrogen) atoms. The lowest BCUT2D eigenvalue weighted by atomic mass is 10.2. The first-order chi connectivity index (χ1) is 8.16. The minimum absolute atomic E-state index is 0.00928.